The van der Waals surface area contributed by atoms with Crippen molar-refractivity contribution in [2.45, 2.75) is 32.7 Å². The van der Waals surface area contributed by atoms with Gasteiger partial charge in [0.1, 0.15) is 5.82 Å². The van der Waals surface area contributed by atoms with Crippen molar-refractivity contribution in [3.8, 4) is 0 Å². The molecule has 0 aliphatic heterocycles. The Balaban J connectivity index is 3.17. The molecular weight excluding hydrogens is 248 g/mol. The van der Waals surface area contributed by atoms with E-state index in [1.807, 2.05) is 6.92 Å². The highest BCUT2D eigenvalue weighted by Crippen LogP contribution is 2.34. The van der Waals surface area contributed by atoms with Gasteiger partial charge < -0.3 is 5.73 Å². The average Bonchev–Trinajstić information content (AvgIpc) is 2.08. The van der Waals surface area contributed by atoms with Crippen LogP contribution in [0.2, 0.25) is 10.0 Å². The van der Waals surface area contributed by atoms with Gasteiger partial charge in [0, 0.05) is 10.6 Å². The lowest BCUT2D eigenvalue weighted by Crippen LogP contribution is -2.35. The Morgan fingerprint density at radius 1 is 1.31 bits per heavy atom. The lowest BCUT2D eigenvalue weighted by molar-refractivity contribution is 0.379. The molecule has 90 valence electrons. The zero-order valence-corrected chi connectivity index (χ0v) is 11.2. The van der Waals surface area contributed by atoms with Gasteiger partial charge in [-0.1, -0.05) is 37.0 Å². The van der Waals surface area contributed by atoms with Gasteiger partial charge in [0.05, 0.1) is 5.02 Å². The highest BCUT2D eigenvalue weighted by atomic mass is 35.5. The third-order valence-corrected chi connectivity index (χ3v) is 3.06. The Bertz CT molecular complexity index is 389. The van der Waals surface area contributed by atoms with E-state index in [9.17, 15) is 4.39 Å². The second kappa shape index (κ2) is 4.91. The zero-order chi connectivity index (χ0) is 12.5. The Hall–Kier alpha value is -0.310. The largest absolute Gasteiger partial charge is 0.322 e. The Labute approximate surface area is 106 Å². The molecule has 2 N–H and O–H groups in total. The topological polar surface area (TPSA) is 26.0 Å². The molecule has 0 spiro atoms. The highest BCUT2D eigenvalue weighted by molar-refractivity contribution is 6.35. The van der Waals surface area contributed by atoms with Crippen LogP contribution in [0.1, 0.15) is 32.8 Å². The quantitative estimate of drug-likeness (QED) is 0.807. The van der Waals surface area contributed by atoms with Gasteiger partial charge >= 0.3 is 0 Å². The molecule has 1 nitrogen and oxygen atoms in total. The maximum absolute atomic E-state index is 13.4. The van der Waals surface area contributed by atoms with E-state index in [1.165, 1.54) is 12.1 Å². The molecule has 0 amide bonds. The molecule has 0 saturated heterocycles. The van der Waals surface area contributed by atoms with Crippen LogP contribution in [0.4, 0.5) is 4.39 Å². The van der Waals surface area contributed by atoms with Crippen LogP contribution < -0.4 is 5.73 Å². The first-order valence-electron chi connectivity index (χ1n) is 5.18. The predicted octanol–water partition coefficient (Wildman–Crippen LogP) is 4.35. The number of hydrogen-bond donors (Lipinski definition) is 1. The number of nitrogens with two attached hydrogens (primary N) is 1. The Morgan fingerprint density at radius 2 is 1.88 bits per heavy atom. The van der Waals surface area contributed by atoms with Crippen molar-refractivity contribution < 1.29 is 4.39 Å². The number of halogens is 3. The summed E-state index contributed by atoms with van der Waals surface area (Å²) in [5, 5.41) is 0.436. The van der Waals surface area contributed by atoms with E-state index >= 15 is 0 Å². The van der Waals surface area contributed by atoms with Crippen LogP contribution in [0.5, 0.6) is 0 Å². The predicted molar refractivity (Wildman–Crippen MR) is 67.4 cm³/mol. The van der Waals surface area contributed by atoms with Gasteiger partial charge in [-0.3, -0.25) is 0 Å². The van der Waals surface area contributed by atoms with Gasteiger partial charge in [-0.15, -0.1) is 0 Å². The molecule has 1 unspecified atom stereocenters. The summed E-state index contributed by atoms with van der Waals surface area (Å²) >= 11 is 11.7. The van der Waals surface area contributed by atoms with E-state index in [2.05, 4.69) is 13.8 Å². The normalized spacial score (nSPS) is 15.2. The Morgan fingerprint density at radius 3 is 2.38 bits per heavy atom. The van der Waals surface area contributed by atoms with Crippen LogP contribution in [0.15, 0.2) is 12.1 Å². The van der Waals surface area contributed by atoms with Gasteiger partial charge in [0.25, 0.3) is 0 Å². The summed E-state index contributed by atoms with van der Waals surface area (Å²) in [6.07, 6.45) is 0.730. The molecule has 0 radical (unpaired) electrons. The van der Waals surface area contributed by atoms with E-state index in [0.29, 0.717) is 16.5 Å². The molecule has 0 fully saturated rings. The van der Waals surface area contributed by atoms with E-state index in [-0.39, 0.29) is 5.02 Å². The summed E-state index contributed by atoms with van der Waals surface area (Å²) in [5.74, 6) is -0.0775. The van der Waals surface area contributed by atoms with Crippen LogP contribution in [-0.4, -0.2) is 0 Å². The van der Waals surface area contributed by atoms with Crippen molar-refractivity contribution in [3.05, 3.63) is 33.6 Å². The van der Waals surface area contributed by atoms with Crippen LogP contribution in [0, 0.1) is 11.7 Å². The van der Waals surface area contributed by atoms with Gasteiger partial charge in [-0.25, -0.2) is 4.39 Å². The van der Waals surface area contributed by atoms with E-state index in [1.54, 1.807) is 0 Å². The van der Waals surface area contributed by atoms with Crippen molar-refractivity contribution in [3.63, 3.8) is 0 Å². The number of hydrogen-bond acceptors (Lipinski definition) is 1. The molecule has 1 rings (SSSR count). The third kappa shape index (κ3) is 3.09. The molecule has 0 aromatic heterocycles. The van der Waals surface area contributed by atoms with Crippen molar-refractivity contribution in [2.24, 2.45) is 11.7 Å². The standard InChI is InChI=1S/C12H16Cl2FN/c1-7(2)6-12(3,16)8-4-11(15)10(14)5-9(8)13/h4-5,7H,6,16H2,1-3H3. The molecule has 1 aromatic rings. The molecule has 1 atom stereocenters. The molecule has 0 saturated carbocycles. The fourth-order valence-corrected chi connectivity index (χ4v) is 2.52. The number of rotatable bonds is 3. The average molecular weight is 264 g/mol. The maximum Gasteiger partial charge on any atom is 0.142 e. The summed E-state index contributed by atoms with van der Waals surface area (Å²) in [5.41, 5.74) is 6.12. The van der Waals surface area contributed by atoms with Crippen LogP contribution in [-0.2, 0) is 5.54 Å². The minimum Gasteiger partial charge on any atom is -0.322 e. The molecule has 16 heavy (non-hydrogen) atoms. The fourth-order valence-electron chi connectivity index (χ4n) is 1.92. The molecule has 0 heterocycles. The minimum absolute atomic E-state index is 0.0223. The molecule has 0 aliphatic carbocycles. The summed E-state index contributed by atoms with van der Waals surface area (Å²) < 4.78 is 13.4. The van der Waals surface area contributed by atoms with E-state index in [0.717, 1.165) is 6.42 Å². The maximum atomic E-state index is 13.4. The first-order valence-corrected chi connectivity index (χ1v) is 5.93. The van der Waals surface area contributed by atoms with E-state index in [4.69, 9.17) is 28.9 Å². The second-order valence-electron chi connectivity index (χ2n) is 4.76. The van der Waals surface area contributed by atoms with Crippen molar-refractivity contribution >= 4 is 23.2 Å². The SMILES string of the molecule is CC(C)CC(C)(N)c1cc(F)c(Cl)cc1Cl. The lowest BCUT2D eigenvalue weighted by atomic mass is 9.85. The smallest absolute Gasteiger partial charge is 0.142 e. The summed E-state index contributed by atoms with van der Waals surface area (Å²) in [4.78, 5) is 0. The van der Waals surface area contributed by atoms with Crippen LogP contribution >= 0.6 is 23.2 Å². The fraction of sp³-hybridized carbons (Fsp3) is 0.500. The molecule has 4 heteroatoms. The van der Waals surface area contributed by atoms with Crippen LogP contribution in [0.25, 0.3) is 0 Å². The van der Waals surface area contributed by atoms with Crippen molar-refractivity contribution in [1.82, 2.24) is 0 Å². The van der Waals surface area contributed by atoms with Crippen molar-refractivity contribution in [2.75, 3.05) is 0 Å². The summed E-state index contributed by atoms with van der Waals surface area (Å²) in [6, 6.07) is 2.73. The van der Waals surface area contributed by atoms with Gasteiger partial charge in [0.2, 0.25) is 0 Å². The second-order valence-corrected chi connectivity index (χ2v) is 5.58. The zero-order valence-electron chi connectivity index (χ0n) is 9.65. The third-order valence-electron chi connectivity index (χ3n) is 2.46. The van der Waals surface area contributed by atoms with Gasteiger partial charge in [0.15, 0.2) is 0 Å². The van der Waals surface area contributed by atoms with E-state index < -0.39 is 11.4 Å². The summed E-state index contributed by atoms with van der Waals surface area (Å²) in [6.45, 7) is 5.97. The molecular formula is C12H16Cl2FN. The lowest BCUT2D eigenvalue weighted by Gasteiger charge is -2.28. The van der Waals surface area contributed by atoms with Crippen molar-refractivity contribution in [1.29, 1.82) is 0 Å². The minimum atomic E-state index is -0.642. The van der Waals surface area contributed by atoms with Gasteiger partial charge in [-0.05, 0) is 37.0 Å². The molecule has 0 bridgehead atoms. The van der Waals surface area contributed by atoms with Gasteiger partial charge in [-0.2, -0.15) is 0 Å². The summed E-state index contributed by atoms with van der Waals surface area (Å²) in [7, 11) is 0. The first-order chi connectivity index (χ1) is 7.24. The Kier molecular flexibility index (Phi) is 4.22. The molecule has 0 aliphatic rings. The first kappa shape index (κ1) is 13.8. The molecule has 1 aromatic carbocycles. The van der Waals surface area contributed by atoms with Crippen LogP contribution in [0.3, 0.4) is 0 Å². The highest BCUT2D eigenvalue weighted by Gasteiger charge is 2.26. The number of benzene rings is 1. The monoisotopic (exact) mass is 263 g/mol.